The van der Waals surface area contributed by atoms with Crippen molar-refractivity contribution >= 4 is 27.9 Å². The van der Waals surface area contributed by atoms with Gasteiger partial charge in [-0.15, -0.1) is 0 Å². The topological polar surface area (TPSA) is 144 Å². The van der Waals surface area contributed by atoms with Gasteiger partial charge in [0, 0.05) is 0 Å². The van der Waals surface area contributed by atoms with Crippen molar-refractivity contribution in [1.82, 2.24) is 4.31 Å². The van der Waals surface area contributed by atoms with Gasteiger partial charge in [0.15, 0.2) is 5.75 Å². The summed E-state index contributed by atoms with van der Waals surface area (Å²) in [5.41, 5.74) is 4.77. The number of primary amides is 1. The van der Waals surface area contributed by atoms with Crippen LogP contribution in [0.5, 0.6) is 0 Å². The Morgan fingerprint density at radius 3 is 2.18 bits per heavy atom. The van der Waals surface area contributed by atoms with Gasteiger partial charge < -0.3 is 15.6 Å². The standard InChI is InChI=1S/C7H12N2O7S/c1-16-7(13)4-17(14,15)9(2-5(8)10)3-6(11)12/h2-4H2,1H3,(H2,8,10)(H,11,12). The number of amides is 1. The third kappa shape index (κ3) is 5.82. The molecule has 10 heteroatoms. The number of sulfonamides is 1. The number of methoxy groups -OCH3 is 1. The number of hydrogen-bond acceptors (Lipinski definition) is 6. The van der Waals surface area contributed by atoms with Gasteiger partial charge in [-0.25, -0.2) is 8.42 Å². The van der Waals surface area contributed by atoms with Crippen LogP contribution in [0.1, 0.15) is 0 Å². The Balaban J connectivity index is 4.94. The van der Waals surface area contributed by atoms with Crippen LogP contribution in [0.2, 0.25) is 0 Å². The van der Waals surface area contributed by atoms with Gasteiger partial charge in [-0.1, -0.05) is 0 Å². The van der Waals surface area contributed by atoms with E-state index in [0.717, 1.165) is 7.11 Å². The normalized spacial score (nSPS) is 11.2. The highest BCUT2D eigenvalue weighted by atomic mass is 32.2. The Morgan fingerprint density at radius 2 is 1.82 bits per heavy atom. The van der Waals surface area contributed by atoms with Crippen molar-refractivity contribution in [2.45, 2.75) is 0 Å². The number of ether oxygens (including phenoxy) is 1. The second-order valence-electron chi connectivity index (χ2n) is 2.96. The summed E-state index contributed by atoms with van der Waals surface area (Å²) in [6.45, 7) is -1.77. The van der Waals surface area contributed by atoms with E-state index < -0.39 is 46.7 Å². The Kier molecular flexibility index (Phi) is 5.55. The lowest BCUT2D eigenvalue weighted by Gasteiger charge is -2.17. The minimum absolute atomic E-state index is 0.300. The van der Waals surface area contributed by atoms with Gasteiger partial charge >= 0.3 is 11.9 Å². The number of aliphatic carboxylic acids is 1. The molecule has 0 aliphatic carbocycles. The summed E-state index contributed by atoms with van der Waals surface area (Å²) in [5, 5.41) is 8.48. The predicted octanol–water partition coefficient (Wildman–Crippen LogP) is -2.64. The molecule has 0 unspecified atom stereocenters. The molecule has 17 heavy (non-hydrogen) atoms. The number of esters is 1. The van der Waals surface area contributed by atoms with Gasteiger partial charge in [-0.3, -0.25) is 14.4 Å². The fourth-order valence-corrected chi connectivity index (χ4v) is 2.11. The summed E-state index contributed by atoms with van der Waals surface area (Å²) >= 11 is 0. The van der Waals surface area contributed by atoms with Crippen molar-refractivity contribution in [3.05, 3.63) is 0 Å². The molecule has 0 aromatic heterocycles. The van der Waals surface area contributed by atoms with E-state index >= 15 is 0 Å². The Labute approximate surface area is 97.2 Å². The lowest BCUT2D eigenvalue weighted by molar-refractivity contribution is -0.139. The monoisotopic (exact) mass is 268 g/mol. The highest BCUT2D eigenvalue weighted by Gasteiger charge is 2.28. The summed E-state index contributed by atoms with van der Waals surface area (Å²) in [7, 11) is -3.27. The van der Waals surface area contributed by atoms with E-state index in [-0.39, 0.29) is 0 Å². The van der Waals surface area contributed by atoms with Crippen LogP contribution in [0.25, 0.3) is 0 Å². The molecule has 98 valence electrons. The van der Waals surface area contributed by atoms with Crippen LogP contribution in [0, 0.1) is 0 Å². The van der Waals surface area contributed by atoms with Gasteiger partial charge in [-0.05, 0) is 0 Å². The Morgan fingerprint density at radius 1 is 1.29 bits per heavy atom. The minimum Gasteiger partial charge on any atom is -0.480 e. The molecule has 3 N–H and O–H groups in total. The SMILES string of the molecule is COC(=O)CS(=O)(=O)N(CC(N)=O)CC(=O)O. The number of carboxylic acids is 1. The first-order chi connectivity index (χ1) is 7.69. The molecule has 0 aromatic carbocycles. The molecule has 0 aromatic rings. The molecule has 0 bridgehead atoms. The number of carbonyl (C=O) groups excluding carboxylic acids is 2. The van der Waals surface area contributed by atoms with Crippen LogP contribution in [0.4, 0.5) is 0 Å². The lowest BCUT2D eigenvalue weighted by atomic mass is 10.5. The first kappa shape index (κ1) is 15.3. The first-order valence-electron chi connectivity index (χ1n) is 4.23. The highest BCUT2D eigenvalue weighted by Crippen LogP contribution is 2.02. The summed E-state index contributed by atoms with van der Waals surface area (Å²) in [6.07, 6.45) is 0. The van der Waals surface area contributed by atoms with Gasteiger partial charge in [0.2, 0.25) is 15.9 Å². The van der Waals surface area contributed by atoms with Gasteiger partial charge in [0.1, 0.15) is 6.54 Å². The fraction of sp³-hybridized carbons (Fsp3) is 0.571. The average Bonchev–Trinajstić information content (AvgIpc) is 2.14. The molecule has 0 saturated carbocycles. The van der Waals surface area contributed by atoms with Crippen LogP contribution >= 0.6 is 0 Å². The molecule has 0 spiro atoms. The molecule has 9 nitrogen and oxygen atoms in total. The molecular formula is C7H12N2O7S. The second kappa shape index (κ2) is 6.15. The zero-order chi connectivity index (χ0) is 13.6. The van der Waals surface area contributed by atoms with Crippen molar-refractivity contribution in [3.8, 4) is 0 Å². The van der Waals surface area contributed by atoms with Crippen LogP contribution in [0.3, 0.4) is 0 Å². The number of rotatable bonds is 7. The smallest absolute Gasteiger partial charge is 0.322 e. The maximum Gasteiger partial charge on any atom is 0.322 e. The van der Waals surface area contributed by atoms with Crippen molar-refractivity contribution in [2.75, 3.05) is 26.0 Å². The molecular weight excluding hydrogens is 256 g/mol. The molecule has 1 amide bonds. The van der Waals surface area contributed by atoms with Crippen LogP contribution in [-0.2, 0) is 29.1 Å². The molecule has 0 fully saturated rings. The molecule has 0 heterocycles. The number of hydrogen-bond donors (Lipinski definition) is 2. The Bertz CT molecular complexity index is 400. The fourth-order valence-electron chi connectivity index (χ4n) is 0.876. The van der Waals surface area contributed by atoms with Crippen molar-refractivity contribution in [2.24, 2.45) is 5.73 Å². The van der Waals surface area contributed by atoms with E-state index in [2.05, 4.69) is 4.74 Å². The quantitative estimate of drug-likeness (QED) is 0.480. The second-order valence-corrected chi connectivity index (χ2v) is 4.93. The third-order valence-electron chi connectivity index (χ3n) is 1.57. The maximum atomic E-state index is 11.5. The number of carboxylic acid groups (broad SMARTS) is 1. The summed E-state index contributed by atoms with van der Waals surface area (Å²) in [5.74, 6) is -4.62. The van der Waals surface area contributed by atoms with E-state index in [4.69, 9.17) is 10.8 Å². The lowest BCUT2D eigenvalue weighted by Crippen LogP contribution is -2.43. The molecule has 0 aliphatic rings. The Hall–Kier alpha value is -1.68. The van der Waals surface area contributed by atoms with E-state index in [1.54, 1.807) is 0 Å². The van der Waals surface area contributed by atoms with Gasteiger partial charge in [-0.2, -0.15) is 4.31 Å². The van der Waals surface area contributed by atoms with Gasteiger partial charge in [0.25, 0.3) is 0 Å². The molecule has 0 rings (SSSR count). The van der Waals surface area contributed by atoms with E-state index in [1.807, 2.05) is 0 Å². The summed E-state index contributed by atoms with van der Waals surface area (Å²) in [6, 6.07) is 0. The largest absolute Gasteiger partial charge is 0.480 e. The molecule has 0 atom stereocenters. The highest BCUT2D eigenvalue weighted by molar-refractivity contribution is 7.89. The minimum atomic E-state index is -4.25. The van der Waals surface area contributed by atoms with Crippen LogP contribution in [-0.4, -0.2) is 61.6 Å². The zero-order valence-corrected chi connectivity index (χ0v) is 9.77. The van der Waals surface area contributed by atoms with E-state index in [0.29, 0.717) is 4.31 Å². The van der Waals surface area contributed by atoms with Crippen molar-refractivity contribution in [1.29, 1.82) is 0 Å². The average molecular weight is 268 g/mol. The van der Waals surface area contributed by atoms with E-state index in [9.17, 15) is 22.8 Å². The molecule has 0 saturated heterocycles. The first-order valence-corrected chi connectivity index (χ1v) is 5.84. The third-order valence-corrected chi connectivity index (χ3v) is 3.21. The van der Waals surface area contributed by atoms with Gasteiger partial charge in [0.05, 0.1) is 13.7 Å². The zero-order valence-electron chi connectivity index (χ0n) is 8.95. The van der Waals surface area contributed by atoms with E-state index in [1.165, 1.54) is 0 Å². The summed E-state index contributed by atoms with van der Waals surface area (Å²) in [4.78, 5) is 31.8. The number of nitrogens with two attached hydrogens (primary N) is 1. The van der Waals surface area contributed by atoms with Crippen LogP contribution < -0.4 is 5.73 Å². The molecule has 0 aliphatic heterocycles. The van der Waals surface area contributed by atoms with Crippen molar-refractivity contribution < 1.29 is 32.6 Å². The van der Waals surface area contributed by atoms with Crippen molar-refractivity contribution in [3.63, 3.8) is 0 Å². The number of carbonyl (C=O) groups is 3. The number of nitrogens with zero attached hydrogens (tertiary/aromatic N) is 1. The summed E-state index contributed by atoms with van der Waals surface area (Å²) < 4.78 is 27.5. The maximum absolute atomic E-state index is 11.5. The molecule has 0 radical (unpaired) electrons. The predicted molar refractivity (Wildman–Crippen MR) is 54.2 cm³/mol. The van der Waals surface area contributed by atoms with Crippen LogP contribution in [0.15, 0.2) is 0 Å².